The number of thioether (sulfide) groups is 2. The lowest BCUT2D eigenvalue weighted by atomic mass is 10.4. The number of hydrogen-bond acceptors (Lipinski definition) is 10. The summed E-state index contributed by atoms with van der Waals surface area (Å²) in [4.78, 5) is 40.0. The molecule has 2 amide bonds. The van der Waals surface area contributed by atoms with E-state index in [1.165, 1.54) is 34.8 Å². The summed E-state index contributed by atoms with van der Waals surface area (Å²) in [5.41, 5.74) is 23.0. The smallest absolute Gasteiger partial charge is 0.244 e. The summed E-state index contributed by atoms with van der Waals surface area (Å²) in [5.74, 6) is 2.06. The number of nitrogens with one attached hydrogen (secondary N) is 2. The highest BCUT2D eigenvalue weighted by molar-refractivity contribution is 7.98. The zero-order valence-corrected chi connectivity index (χ0v) is 21.4. The van der Waals surface area contributed by atoms with Crippen molar-refractivity contribution < 1.29 is 9.59 Å². The molecule has 0 atom stereocenters. The fourth-order valence-corrected chi connectivity index (χ4v) is 5.28. The van der Waals surface area contributed by atoms with Crippen molar-refractivity contribution in [3.63, 3.8) is 0 Å². The molecule has 2 aromatic heterocycles. The van der Waals surface area contributed by atoms with Crippen molar-refractivity contribution >= 4 is 80.2 Å². The molecule has 0 aromatic carbocycles. The maximum absolute atomic E-state index is 11.8. The van der Waals surface area contributed by atoms with Crippen LogP contribution in [0.1, 0.15) is 11.4 Å². The lowest BCUT2D eigenvalue weighted by Gasteiger charge is -2.03. The van der Waals surface area contributed by atoms with Crippen LogP contribution in [-0.2, 0) is 21.1 Å². The van der Waals surface area contributed by atoms with Gasteiger partial charge in [0, 0.05) is 59.0 Å². The quantitative estimate of drug-likeness (QED) is 0.0834. The molecule has 0 unspecified atom stereocenters. The standard InChI is InChI=1S/C18H26N10O2S4/c19-15(20)27-17-25-11(9-33-17)7-31-5-3-23-13(29)1-2-14(30)24-4-6-32-8-12-10-34-18(26-12)28-16(21)22/h1-2,9-10H,3-8H2,(H,23,29)(H,24,30)(H4,19,20,25,27)(H4,21,22,26,28). The molecule has 0 aliphatic rings. The van der Waals surface area contributed by atoms with Crippen molar-refractivity contribution in [1.29, 1.82) is 0 Å². The monoisotopic (exact) mass is 542 g/mol. The predicted octanol–water partition coefficient (Wildman–Crippen LogP) is 0.365. The first-order chi connectivity index (χ1) is 16.3. The molecule has 2 heterocycles. The Morgan fingerprint density at radius 3 is 1.62 bits per heavy atom. The van der Waals surface area contributed by atoms with E-state index in [4.69, 9.17) is 22.9 Å². The van der Waals surface area contributed by atoms with E-state index in [0.717, 1.165) is 11.4 Å². The van der Waals surface area contributed by atoms with E-state index in [1.54, 1.807) is 23.5 Å². The summed E-state index contributed by atoms with van der Waals surface area (Å²) in [6.45, 7) is 0.941. The van der Waals surface area contributed by atoms with Crippen molar-refractivity contribution in [2.24, 2.45) is 32.9 Å². The highest BCUT2D eigenvalue weighted by Crippen LogP contribution is 2.22. The maximum Gasteiger partial charge on any atom is 0.244 e. The topological polar surface area (TPSA) is 213 Å². The van der Waals surface area contributed by atoms with E-state index in [1.807, 2.05) is 10.8 Å². The van der Waals surface area contributed by atoms with Crippen LogP contribution in [0.2, 0.25) is 0 Å². The molecule has 16 heteroatoms. The van der Waals surface area contributed by atoms with Gasteiger partial charge in [0.15, 0.2) is 11.9 Å². The minimum atomic E-state index is -0.325. The Hall–Kier alpha value is -2.82. The Morgan fingerprint density at radius 2 is 1.24 bits per heavy atom. The fraction of sp³-hybridized carbons (Fsp3) is 0.333. The molecule has 0 bridgehead atoms. The van der Waals surface area contributed by atoms with Gasteiger partial charge in [-0.1, -0.05) is 0 Å². The molecule has 2 rings (SSSR count). The average Bonchev–Trinajstić information content (AvgIpc) is 3.40. The normalized spacial score (nSPS) is 10.7. The van der Waals surface area contributed by atoms with Gasteiger partial charge >= 0.3 is 0 Å². The van der Waals surface area contributed by atoms with Crippen molar-refractivity contribution in [2.75, 3.05) is 24.6 Å². The first kappa shape index (κ1) is 27.4. The van der Waals surface area contributed by atoms with Crippen LogP contribution in [0.15, 0.2) is 32.9 Å². The molecule has 12 nitrogen and oxygen atoms in total. The van der Waals surface area contributed by atoms with E-state index in [2.05, 4.69) is 30.6 Å². The first-order valence-electron chi connectivity index (χ1n) is 9.79. The van der Waals surface area contributed by atoms with Crippen LogP contribution in [0.3, 0.4) is 0 Å². The van der Waals surface area contributed by atoms with Crippen LogP contribution >= 0.6 is 46.2 Å². The van der Waals surface area contributed by atoms with Gasteiger partial charge in [-0.15, -0.1) is 22.7 Å². The number of aliphatic imine (C=N–C) groups is 2. The van der Waals surface area contributed by atoms with E-state index in [9.17, 15) is 9.59 Å². The third-order valence-corrected chi connectivity index (χ3v) is 7.06. The molecule has 184 valence electrons. The van der Waals surface area contributed by atoms with Crippen LogP contribution < -0.4 is 33.6 Å². The highest BCUT2D eigenvalue weighted by atomic mass is 32.2. The van der Waals surface area contributed by atoms with Gasteiger partial charge in [-0.25, -0.2) is 9.97 Å². The molecule has 0 fully saturated rings. The molecule has 0 aliphatic heterocycles. The fourth-order valence-electron chi connectivity index (χ4n) is 2.16. The van der Waals surface area contributed by atoms with Crippen molar-refractivity contribution in [3.8, 4) is 0 Å². The van der Waals surface area contributed by atoms with Gasteiger partial charge < -0.3 is 33.6 Å². The highest BCUT2D eigenvalue weighted by Gasteiger charge is 2.04. The van der Waals surface area contributed by atoms with Crippen LogP contribution in [0.5, 0.6) is 0 Å². The third-order valence-electron chi connectivity index (χ3n) is 3.51. The van der Waals surface area contributed by atoms with Crippen molar-refractivity contribution in [2.45, 2.75) is 11.5 Å². The molecule has 0 aliphatic carbocycles. The summed E-state index contributed by atoms with van der Waals surface area (Å²) < 4.78 is 0. The van der Waals surface area contributed by atoms with Crippen molar-refractivity contribution in [1.82, 2.24) is 20.6 Å². The molecule has 2 aromatic rings. The number of carbonyl (C=O) groups excluding carboxylic acids is 2. The number of hydrogen-bond donors (Lipinski definition) is 6. The van der Waals surface area contributed by atoms with Gasteiger partial charge in [0.05, 0.1) is 11.4 Å². The minimum Gasteiger partial charge on any atom is -0.370 e. The van der Waals surface area contributed by atoms with Gasteiger partial charge in [-0.3, -0.25) is 9.59 Å². The summed E-state index contributed by atoms with van der Waals surface area (Å²) >= 11 is 5.95. The second-order valence-corrected chi connectivity index (χ2v) is 10.2. The van der Waals surface area contributed by atoms with E-state index >= 15 is 0 Å². The Kier molecular flexibility index (Phi) is 12.2. The van der Waals surface area contributed by atoms with Crippen LogP contribution in [0, 0.1) is 0 Å². The first-order valence-corrected chi connectivity index (χ1v) is 13.9. The average molecular weight is 543 g/mol. The van der Waals surface area contributed by atoms with Crippen LogP contribution in [0.25, 0.3) is 0 Å². The second-order valence-electron chi connectivity index (χ2n) is 6.34. The summed E-state index contributed by atoms with van der Waals surface area (Å²) in [6, 6.07) is 0. The lowest BCUT2D eigenvalue weighted by molar-refractivity contribution is -0.118. The second kappa shape index (κ2) is 15.2. The molecular formula is C18H26N10O2S4. The maximum atomic E-state index is 11.8. The van der Waals surface area contributed by atoms with Gasteiger partial charge in [0.2, 0.25) is 22.1 Å². The number of amides is 2. The van der Waals surface area contributed by atoms with E-state index in [-0.39, 0.29) is 23.7 Å². The van der Waals surface area contributed by atoms with Gasteiger partial charge in [0.25, 0.3) is 0 Å². The van der Waals surface area contributed by atoms with Crippen LogP contribution in [0.4, 0.5) is 10.3 Å². The van der Waals surface area contributed by atoms with Gasteiger partial charge in [0.1, 0.15) is 0 Å². The molecule has 0 spiro atoms. The largest absolute Gasteiger partial charge is 0.370 e. The molecule has 10 N–H and O–H groups in total. The zero-order valence-electron chi connectivity index (χ0n) is 18.1. The third kappa shape index (κ3) is 11.9. The molecule has 0 saturated heterocycles. The zero-order chi connectivity index (χ0) is 24.8. The Bertz CT molecular complexity index is 945. The van der Waals surface area contributed by atoms with Gasteiger partial charge in [-0.05, 0) is 0 Å². The molecule has 0 radical (unpaired) electrons. The Balaban J connectivity index is 1.51. The number of guanidine groups is 2. The number of nitrogens with two attached hydrogens (primary N) is 4. The number of nitrogens with zero attached hydrogens (tertiary/aromatic N) is 4. The Morgan fingerprint density at radius 1 is 0.824 bits per heavy atom. The van der Waals surface area contributed by atoms with E-state index in [0.29, 0.717) is 46.4 Å². The number of thiazole rings is 2. The lowest BCUT2D eigenvalue weighted by Crippen LogP contribution is -2.26. The predicted molar refractivity (Wildman–Crippen MR) is 143 cm³/mol. The number of aromatic nitrogens is 2. The molecule has 34 heavy (non-hydrogen) atoms. The number of rotatable bonds is 14. The van der Waals surface area contributed by atoms with Crippen molar-refractivity contribution in [3.05, 3.63) is 34.3 Å². The molecular weight excluding hydrogens is 517 g/mol. The Labute approximate surface area is 213 Å². The SMILES string of the molecule is NC(N)=Nc1nc(CSCCNC(=O)C=CC(=O)NCCSCc2csc(N=C(N)N)n2)cs1. The molecule has 0 saturated carbocycles. The van der Waals surface area contributed by atoms with E-state index < -0.39 is 0 Å². The summed E-state index contributed by atoms with van der Waals surface area (Å²) in [5, 5.41) is 10.3. The minimum absolute atomic E-state index is 0.0245. The van der Waals surface area contributed by atoms with Crippen LogP contribution in [-0.4, -0.2) is 58.3 Å². The van der Waals surface area contributed by atoms with Gasteiger partial charge in [-0.2, -0.15) is 33.5 Å². The summed E-state index contributed by atoms with van der Waals surface area (Å²) in [6.07, 6.45) is 2.44. The number of carbonyl (C=O) groups is 2. The summed E-state index contributed by atoms with van der Waals surface area (Å²) in [7, 11) is 0.